The van der Waals surface area contributed by atoms with Crippen LogP contribution in [0.25, 0.3) is 0 Å². The molecule has 0 radical (unpaired) electrons. The zero-order valence-electron chi connectivity index (χ0n) is 10.1. The first kappa shape index (κ1) is 13.6. The van der Waals surface area contributed by atoms with E-state index < -0.39 is 24.1 Å². The number of aliphatic carboxylic acids is 1. The van der Waals surface area contributed by atoms with E-state index in [1.807, 2.05) is 0 Å². The summed E-state index contributed by atoms with van der Waals surface area (Å²) in [7, 11) is 0. The molecule has 1 saturated heterocycles. The van der Waals surface area contributed by atoms with E-state index in [9.17, 15) is 14.4 Å². The first-order chi connectivity index (χ1) is 8.97. The van der Waals surface area contributed by atoms with Gasteiger partial charge in [0.2, 0.25) is 0 Å². The number of anilines is 1. The summed E-state index contributed by atoms with van der Waals surface area (Å²) in [6, 6.07) is 0. The highest BCUT2D eigenvalue weighted by molar-refractivity contribution is 7.14. The van der Waals surface area contributed by atoms with Crippen molar-refractivity contribution in [1.82, 2.24) is 4.98 Å². The number of carboxylic acid groups (broad SMARTS) is 1. The van der Waals surface area contributed by atoms with Gasteiger partial charge < -0.3 is 9.84 Å². The van der Waals surface area contributed by atoms with Gasteiger partial charge in [-0.05, 0) is 12.8 Å². The van der Waals surface area contributed by atoms with Crippen LogP contribution in [0, 0.1) is 0 Å². The molecule has 0 unspecified atom stereocenters. The molecule has 0 aliphatic carbocycles. The number of thiazole rings is 1. The fraction of sp³-hybridized carbons (Fsp3) is 0.455. The van der Waals surface area contributed by atoms with Gasteiger partial charge in [-0.3, -0.25) is 14.9 Å². The number of nitrogens with one attached hydrogen (secondary N) is 1. The van der Waals surface area contributed by atoms with E-state index in [-0.39, 0.29) is 11.5 Å². The average molecular weight is 284 g/mol. The summed E-state index contributed by atoms with van der Waals surface area (Å²) in [5.41, 5.74) is 0.288. The van der Waals surface area contributed by atoms with Crippen LogP contribution in [0.15, 0.2) is 5.38 Å². The van der Waals surface area contributed by atoms with Crippen LogP contribution < -0.4 is 5.32 Å². The standard InChI is InChI=1S/C11H12N2O5S/c1-5(14)6-4-19-11(12-6)13-9(15)7-2-3-8(18-7)10(16)17/h4,7-8H,2-3H2,1H3,(H,16,17)(H,12,13,15)/t7-,8+/m0/s1. The molecule has 1 aliphatic rings. The molecule has 102 valence electrons. The molecule has 1 aliphatic heterocycles. The van der Waals surface area contributed by atoms with E-state index >= 15 is 0 Å². The Hall–Kier alpha value is -1.80. The monoisotopic (exact) mass is 284 g/mol. The first-order valence-electron chi connectivity index (χ1n) is 5.63. The molecule has 8 heteroatoms. The van der Waals surface area contributed by atoms with Gasteiger partial charge in [-0.25, -0.2) is 9.78 Å². The lowest BCUT2D eigenvalue weighted by Crippen LogP contribution is -2.29. The number of Topliss-reactive ketones (excluding diaryl/α,β-unsaturated/α-hetero) is 1. The third kappa shape index (κ3) is 3.15. The van der Waals surface area contributed by atoms with E-state index in [0.717, 1.165) is 11.3 Å². The lowest BCUT2D eigenvalue weighted by molar-refractivity contribution is -0.150. The third-order valence-electron chi connectivity index (χ3n) is 2.68. The minimum Gasteiger partial charge on any atom is -0.479 e. The lowest BCUT2D eigenvalue weighted by Gasteiger charge is -2.09. The molecule has 7 nitrogen and oxygen atoms in total. The van der Waals surface area contributed by atoms with Gasteiger partial charge in [-0.2, -0.15) is 0 Å². The molecular formula is C11H12N2O5S. The smallest absolute Gasteiger partial charge is 0.332 e. The SMILES string of the molecule is CC(=O)c1csc(NC(=O)[C@@H]2CC[C@H](C(=O)O)O2)n1. The van der Waals surface area contributed by atoms with Crippen molar-refractivity contribution in [3.8, 4) is 0 Å². The summed E-state index contributed by atoms with van der Waals surface area (Å²) in [5.74, 6) is -1.68. The van der Waals surface area contributed by atoms with Crippen LogP contribution in [0.3, 0.4) is 0 Å². The van der Waals surface area contributed by atoms with Crippen LogP contribution in [0.5, 0.6) is 0 Å². The highest BCUT2D eigenvalue weighted by atomic mass is 32.1. The summed E-state index contributed by atoms with van der Waals surface area (Å²) in [6.07, 6.45) is -1.05. The second kappa shape index (κ2) is 5.45. The summed E-state index contributed by atoms with van der Waals surface area (Å²) in [6.45, 7) is 1.39. The molecule has 2 rings (SSSR count). The van der Waals surface area contributed by atoms with Crippen LogP contribution in [0.1, 0.15) is 30.3 Å². The van der Waals surface area contributed by atoms with Crippen LogP contribution in [0.4, 0.5) is 5.13 Å². The van der Waals surface area contributed by atoms with Gasteiger partial charge in [-0.15, -0.1) is 11.3 Å². The van der Waals surface area contributed by atoms with Crippen molar-refractivity contribution in [1.29, 1.82) is 0 Å². The van der Waals surface area contributed by atoms with Crippen molar-refractivity contribution in [2.45, 2.75) is 32.0 Å². The number of carbonyl (C=O) groups is 3. The number of nitrogens with zero attached hydrogens (tertiary/aromatic N) is 1. The summed E-state index contributed by atoms with van der Waals surface area (Å²) in [4.78, 5) is 37.5. The summed E-state index contributed by atoms with van der Waals surface area (Å²) < 4.78 is 5.11. The van der Waals surface area contributed by atoms with Gasteiger partial charge in [0, 0.05) is 12.3 Å². The number of carboxylic acids is 1. The largest absolute Gasteiger partial charge is 0.479 e. The van der Waals surface area contributed by atoms with Crippen molar-refractivity contribution >= 4 is 34.1 Å². The van der Waals surface area contributed by atoms with E-state index in [1.54, 1.807) is 5.38 Å². The van der Waals surface area contributed by atoms with Crippen molar-refractivity contribution in [3.63, 3.8) is 0 Å². The minimum atomic E-state index is -1.07. The lowest BCUT2D eigenvalue weighted by atomic mass is 10.2. The third-order valence-corrected chi connectivity index (χ3v) is 3.44. The maximum atomic E-state index is 11.8. The maximum absolute atomic E-state index is 11.8. The Morgan fingerprint density at radius 1 is 1.42 bits per heavy atom. The fourth-order valence-electron chi connectivity index (χ4n) is 1.69. The van der Waals surface area contributed by atoms with Crippen molar-refractivity contribution in [3.05, 3.63) is 11.1 Å². The second-order valence-electron chi connectivity index (χ2n) is 4.11. The van der Waals surface area contributed by atoms with Gasteiger partial charge in [0.1, 0.15) is 11.8 Å². The van der Waals surface area contributed by atoms with E-state index in [1.165, 1.54) is 6.92 Å². The van der Waals surface area contributed by atoms with Crippen LogP contribution in [-0.2, 0) is 14.3 Å². The van der Waals surface area contributed by atoms with Crippen molar-refractivity contribution in [2.24, 2.45) is 0 Å². The van der Waals surface area contributed by atoms with Gasteiger partial charge in [0.15, 0.2) is 17.0 Å². The Morgan fingerprint density at radius 3 is 2.63 bits per heavy atom. The molecule has 0 spiro atoms. The number of rotatable bonds is 4. The summed E-state index contributed by atoms with van der Waals surface area (Å²) >= 11 is 1.14. The molecule has 2 atom stereocenters. The molecule has 19 heavy (non-hydrogen) atoms. The number of hydrogen-bond donors (Lipinski definition) is 2. The number of hydrogen-bond acceptors (Lipinski definition) is 6. The van der Waals surface area contributed by atoms with Crippen LogP contribution in [0.2, 0.25) is 0 Å². The Labute approximate surface area is 112 Å². The molecular weight excluding hydrogens is 272 g/mol. The molecule has 1 aromatic heterocycles. The minimum absolute atomic E-state index is 0.181. The molecule has 1 aromatic rings. The Bertz CT molecular complexity index is 527. The highest BCUT2D eigenvalue weighted by Crippen LogP contribution is 2.22. The number of ether oxygens (including phenoxy) is 1. The normalized spacial score (nSPS) is 22.2. The number of amides is 1. The first-order valence-corrected chi connectivity index (χ1v) is 6.51. The van der Waals surface area contributed by atoms with Gasteiger partial charge >= 0.3 is 5.97 Å². The fourth-order valence-corrected chi connectivity index (χ4v) is 2.44. The number of ketones is 1. The molecule has 0 bridgehead atoms. The Balaban J connectivity index is 1.94. The Morgan fingerprint density at radius 2 is 2.11 bits per heavy atom. The topological polar surface area (TPSA) is 106 Å². The predicted octanol–water partition coefficient (Wildman–Crippen LogP) is 0.916. The van der Waals surface area contributed by atoms with Crippen molar-refractivity contribution in [2.75, 3.05) is 5.32 Å². The van der Waals surface area contributed by atoms with Crippen LogP contribution in [-0.4, -0.2) is 40.0 Å². The van der Waals surface area contributed by atoms with E-state index in [4.69, 9.17) is 9.84 Å². The van der Waals surface area contributed by atoms with Gasteiger partial charge in [0.25, 0.3) is 5.91 Å². The van der Waals surface area contributed by atoms with Crippen LogP contribution >= 0.6 is 11.3 Å². The van der Waals surface area contributed by atoms with Crippen molar-refractivity contribution < 1.29 is 24.2 Å². The van der Waals surface area contributed by atoms with Gasteiger partial charge in [-0.1, -0.05) is 0 Å². The van der Waals surface area contributed by atoms with E-state index in [0.29, 0.717) is 18.0 Å². The molecule has 0 saturated carbocycles. The second-order valence-corrected chi connectivity index (χ2v) is 4.97. The quantitative estimate of drug-likeness (QED) is 0.796. The molecule has 1 fully saturated rings. The average Bonchev–Trinajstić information content (AvgIpc) is 2.96. The zero-order chi connectivity index (χ0) is 14.0. The number of carbonyl (C=O) groups excluding carboxylic acids is 2. The number of aromatic nitrogens is 1. The molecule has 2 N–H and O–H groups in total. The highest BCUT2D eigenvalue weighted by Gasteiger charge is 2.34. The Kier molecular flexibility index (Phi) is 3.91. The van der Waals surface area contributed by atoms with E-state index in [2.05, 4.69) is 10.3 Å². The maximum Gasteiger partial charge on any atom is 0.332 e. The zero-order valence-corrected chi connectivity index (χ0v) is 10.9. The van der Waals surface area contributed by atoms with Gasteiger partial charge in [0.05, 0.1) is 0 Å². The predicted molar refractivity (Wildman–Crippen MR) is 66.3 cm³/mol. The summed E-state index contributed by atoms with van der Waals surface area (Å²) in [5, 5.41) is 13.1. The molecule has 1 amide bonds. The molecule has 0 aromatic carbocycles. The molecule has 2 heterocycles.